The van der Waals surface area contributed by atoms with Gasteiger partial charge >= 0.3 is 0 Å². The first-order chi connectivity index (χ1) is 13.3. The predicted octanol–water partition coefficient (Wildman–Crippen LogP) is 2.71. The second-order valence-corrected chi connectivity index (χ2v) is 6.79. The molecule has 1 aromatic heterocycles. The normalized spacial score (nSPS) is 16.9. The van der Waals surface area contributed by atoms with E-state index in [0.717, 1.165) is 69.4 Å². The van der Waals surface area contributed by atoms with Crippen LogP contribution in [0.1, 0.15) is 25.1 Å². The molecule has 7 nitrogen and oxygen atoms in total. The molecule has 1 aliphatic rings. The molecule has 0 aliphatic carbocycles. The molecule has 1 aromatic carbocycles. The predicted molar refractivity (Wildman–Crippen MR) is 124 cm³/mol. The molecule has 0 spiro atoms. The van der Waals surface area contributed by atoms with Gasteiger partial charge in [-0.25, -0.2) is 4.98 Å². The summed E-state index contributed by atoms with van der Waals surface area (Å²) in [6.45, 7) is 6.84. The number of guanidine groups is 1. The molecule has 8 heteroatoms. The van der Waals surface area contributed by atoms with E-state index in [1.807, 2.05) is 19.1 Å². The number of fused-ring (bicyclic) bond motifs is 1. The van der Waals surface area contributed by atoms with Gasteiger partial charge in [-0.2, -0.15) is 0 Å². The van der Waals surface area contributed by atoms with Crippen LogP contribution in [0, 0.1) is 6.92 Å². The summed E-state index contributed by atoms with van der Waals surface area (Å²) in [7, 11) is 1.79. The number of halogens is 1. The fraction of sp³-hybridized carbons (Fsp3) is 0.600. The molecule has 0 radical (unpaired) electrons. The highest BCUT2D eigenvalue weighted by atomic mass is 127. The van der Waals surface area contributed by atoms with E-state index in [4.69, 9.17) is 9.47 Å². The second kappa shape index (κ2) is 12.2. The average molecular weight is 501 g/mol. The monoisotopic (exact) mass is 501 g/mol. The van der Waals surface area contributed by atoms with Crippen LogP contribution in [-0.2, 0) is 16.0 Å². The summed E-state index contributed by atoms with van der Waals surface area (Å²) in [5.41, 5.74) is 2.21. The maximum absolute atomic E-state index is 5.68. The third-order valence-corrected chi connectivity index (χ3v) is 4.78. The first-order valence-electron chi connectivity index (χ1n) is 9.83. The molecule has 1 saturated heterocycles. The summed E-state index contributed by atoms with van der Waals surface area (Å²) in [5.74, 6) is 1.85. The van der Waals surface area contributed by atoms with Crippen molar-refractivity contribution < 1.29 is 9.47 Å². The summed E-state index contributed by atoms with van der Waals surface area (Å²) in [4.78, 5) is 8.89. The van der Waals surface area contributed by atoms with Gasteiger partial charge in [-0.3, -0.25) is 4.99 Å². The highest BCUT2D eigenvalue weighted by Crippen LogP contribution is 2.14. The highest BCUT2D eigenvalue weighted by Gasteiger charge is 2.14. The van der Waals surface area contributed by atoms with Crippen LogP contribution in [0.15, 0.2) is 29.3 Å². The Morgan fingerprint density at radius 1 is 1.32 bits per heavy atom. The van der Waals surface area contributed by atoms with Gasteiger partial charge in [-0.1, -0.05) is 12.1 Å². The molecule has 0 amide bonds. The van der Waals surface area contributed by atoms with Gasteiger partial charge in [0, 0.05) is 39.9 Å². The fourth-order valence-electron chi connectivity index (χ4n) is 3.36. The number of hydrogen-bond donors (Lipinski definition) is 2. The number of nitrogens with one attached hydrogen (secondary N) is 2. The molecule has 1 unspecified atom stereocenters. The van der Waals surface area contributed by atoms with Crippen LogP contribution in [0.3, 0.4) is 0 Å². The number of imidazole rings is 1. The number of aryl methyl sites for hydroxylation is 1. The van der Waals surface area contributed by atoms with Crippen molar-refractivity contribution in [1.29, 1.82) is 0 Å². The topological polar surface area (TPSA) is 72.7 Å². The summed E-state index contributed by atoms with van der Waals surface area (Å²) in [5, 5.41) is 6.70. The first-order valence-corrected chi connectivity index (χ1v) is 9.83. The number of hydrogen-bond acceptors (Lipinski definition) is 4. The van der Waals surface area contributed by atoms with Gasteiger partial charge in [0.05, 0.1) is 23.7 Å². The van der Waals surface area contributed by atoms with Crippen molar-refractivity contribution in [2.45, 2.75) is 38.8 Å². The van der Waals surface area contributed by atoms with Gasteiger partial charge in [-0.15, -0.1) is 24.0 Å². The largest absolute Gasteiger partial charge is 0.379 e. The van der Waals surface area contributed by atoms with Gasteiger partial charge in [0.25, 0.3) is 0 Å². The zero-order chi connectivity index (χ0) is 18.9. The van der Waals surface area contributed by atoms with Crippen LogP contribution in [0.4, 0.5) is 0 Å². The van der Waals surface area contributed by atoms with Crippen LogP contribution >= 0.6 is 24.0 Å². The van der Waals surface area contributed by atoms with Crippen molar-refractivity contribution in [3.8, 4) is 0 Å². The quantitative estimate of drug-likeness (QED) is 0.239. The lowest BCUT2D eigenvalue weighted by Gasteiger charge is -2.14. The molecule has 2 aromatic rings. The summed E-state index contributed by atoms with van der Waals surface area (Å²) < 4.78 is 13.5. The minimum Gasteiger partial charge on any atom is -0.379 e. The summed E-state index contributed by atoms with van der Waals surface area (Å²) >= 11 is 0. The number of rotatable bonds is 9. The Morgan fingerprint density at radius 2 is 2.14 bits per heavy atom. The lowest BCUT2D eigenvalue weighted by molar-refractivity contribution is 0.0168. The Bertz CT molecular complexity index is 743. The van der Waals surface area contributed by atoms with Gasteiger partial charge < -0.3 is 24.7 Å². The molecule has 28 heavy (non-hydrogen) atoms. The first kappa shape index (κ1) is 22.9. The van der Waals surface area contributed by atoms with Crippen molar-refractivity contribution in [3.63, 3.8) is 0 Å². The van der Waals surface area contributed by atoms with E-state index in [2.05, 4.69) is 37.3 Å². The van der Waals surface area contributed by atoms with Crippen LogP contribution in [0.25, 0.3) is 11.0 Å². The molecular formula is C20H32IN5O2. The van der Waals surface area contributed by atoms with E-state index >= 15 is 0 Å². The Hall–Kier alpha value is -1.39. The smallest absolute Gasteiger partial charge is 0.191 e. The molecule has 3 rings (SSSR count). The highest BCUT2D eigenvalue weighted by molar-refractivity contribution is 14.0. The van der Waals surface area contributed by atoms with Crippen LogP contribution in [-0.4, -0.2) is 61.6 Å². The van der Waals surface area contributed by atoms with Crippen molar-refractivity contribution in [3.05, 3.63) is 30.1 Å². The van der Waals surface area contributed by atoms with E-state index in [-0.39, 0.29) is 24.0 Å². The number of ether oxygens (including phenoxy) is 2. The maximum atomic E-state index is 5.68. The third-order valence-electron chi connectivity index (χ3n) is 4.78. The fourth-order valence-corrected chi connectivity index (χ4v) is 3.36. The van der Waals surface area contributed by atoms with Crippen LogP contribution in [0.2, 0.25) is 0 Å². The van der Waals surface area contributed by atoms with E-state index < -0.39 is 0 Å². The zero-order valence-corrected chi connectivity index (χ0v) is 19.1. The molecule has 0 saturated carbocycles. The van der Waals surface area contributed by atoms with Crippen molar-refractivity contribution in [1.82, 2.24) is 20.2 Å². The number of aliphatic imine (C=N–C) groups is 1. The summed E-state index contributed by atoms with van der Waals surface area (Å²) in [6, 6.07) is 8.23. The SMILES string of the molecule is CN=C(NCCCOCC1CCCO1)NCCn1c(C)nc2ccccc21.I. The molecule has 1 atom stereocenters. The lowest BCUT2D eigenvalue weighted by atomic mass is 10.2. The Balaban J connectivity index is 0.00000280. The summed E-state index contributed by atoms with van der Waals surface area (Å²) in [6.07, 6.45) is 3.53. The second-order valence-electron chi connectivity index (χ2n) is 6.79. The number of nitrogens with zero attached hydrogens (tertiary/aromatic N) is 3. The molecule has 1 aliphatic heterocycles. The average Bonchev–Trinajstić information content (AvgIpc) is 3.30. The van der Waals surface area contributed by atoms with Crippen molar-refractivity contribution >= 4 is 41.0 Å². The molecule has 2 heterocycles. The van der Waals surface area contributed by atoms with E-state index in [1.165, 1.54) is 5.52 Å². The number of benzene rings is 1. The molecule has 0 bridgehead atoms. The van der Waals surface area contributed by atoms with Crippen LogP contribution in [0.5, 0.6) is 0 Å². The molecule has 2 N–H and O–H groups in total. The maximum Gasteiger partial charge on any atom is 0.191 e. The van der Waals surface area contributed by atoms with E-state index in [0.29, 0.717) is 12.7 Å². The van der Waals surface area contributed by atoms with Gasteiger partial charge in [0.15, 0.2) is 5.96 Å². The van der Waals surface area contributed by atoms with E-state index in [9.17, 15) is 0 Å². The Labute approximate surface area is 184 Å². The third kappa shape index (κ3) is 6.59. The molecular weight excluding hydrogens is 469 g/mol. The van der Waals surface area contributed by atoms with Gasteiger partial charge in [-0.05, 0) is 38.3 Å². The minimum absolute atomic E-state index is 0. The molecule has 156 valence electrons. The standard InChI is InChI=1S/C20H31N5O2.HI/c1-16-24-18-8-3-4-9-19(18)25(16)12-11-23-20(21-2)22-10-6-13-26-15-17-7-5-14-27-17;/h3-4,8-9,17H,5-7,10-15H2,1-2H3,(H2,21,22,23);1H. The Kier molecular flexibility index (Phi) is 10.0. The molecule has 1 fully saturated rings. The van der Waals surface area contributed by atoms with Gasteiger partial charge in [0.2, 0.25) is 0 Å². The van der Waals surface area contributed by atoms with Gasteiger partial charge in [0.1, 0.15) is 5.82 Å². The lowest BCUT2D eigenvalue weighted by Crippen LogP contribution is -2.39. The van der Waals surface area contributed by atoms with Crippen molar-refractivity contribution in [2.24, 2.45) is 4.99 Å². The van der Waals surface area contributed by atoms with E-state index in [1.54, 1.807) is 7.05 Å². The van der Waals surface area contributed by atoms with Crippen LogP contribution < -0.4 is 10.6 Å². The minimum atomic E-state index is 0. The zero-order valence-electron chi connectivity index (χ0n) is 16.8. The Morgan fingerprint density at radius 3 is 2.93 bits per heavy atom. The van der Waals surface area contributed by atoms with Crippen molar-refractivity contribution in [2.75, 3.05) is 40.0 Å². The number of aromatic nitrogens is 2. The number of para-hydroxylation sites is 2.